The van der Waals surface area contributed by atoms with Gasteiger partial charge in [-0.3, -0.25) is 15.0 Å². The molecule has 1 aliphatic heterocycles. The zero-order valence-electron chi connectivity index (χ0n) is 22.3. The molecule has 1 unspecified atom stereocenters. The summed E-state index contributed by atoms with van der Waals surface area (Å²) in [4.78, 5) is 26.1. The van der Waals surface area contributed by atoms with Crippen molar-refractivity contribution < 1.29 is 14.3 Å². The maximum atomic E-state index is 12.3. The molecule has 0 radical (unpaired) electrons. The molecule has 6 nitrogen and oxygen atoms in total. The molecule has 0 bridgehead atoms. The second-order valence-corrected chi connectivity index (χ2v) is 9.79. The van der Waals surface area contributed by atoms with E-state index < -0.39 is 0 Å². The van der Waals surface area contributed by atoms with Gasteiger partial charge in [-0.2, -0.15) is 0 Å². The predicted octanol–water partition coefficient (Wildman–Crippen LogP) is 6.34. The summed E-state index contributed by atoms with van der Waals surface area (Å²) >= 11 is 0. The van der Waals surface area contributed by atoms with Crippen LogP contribution in [-0.4, -0.2) is 48.7 Å². The van der Waals surface area contributed by atoms with Gasteiger partial charge >= 0.3 is 5.97 Å². The number of likely N-dealkylation sites (tertiary alicyclic amines) is 1. The molecule has 1 saturated heterocycles. The quantitative estimate of drug-likeness (QED) is 0.0851. The molecule has 200 valence electrons. The van der Waals surface area contributed by atoms with Crippen LogP contribution < -0.4 is 5.73 Å². The van der Waals surface area contributed by atoms with Gasteiger partial charge in [0.05, 0.1) is 12.3 Å². The highest BCUT2D eigenvalue weighted by Gasteiger charge is 2.28. The second-order valence-electron chi connectivity index (χ2n) is 9.79. The number of carbonyl (C=O) groups is 2. The minimum atomic E-state index is -0.180. The number of rotatable bonds is 21. The molecule has 0 aromatic rings. The highest BCUT2D eigenvalue weighted by atomic mass is 16.5. The third kappa shape index (κ3) is 16.4. The minimum absolute atomic E-state index is 0.130. The van der Waals surface area contributed by atoms with Crippen LogP contribution in [0.15, 0.2) is 24.3 Å². The van der Waals surface area contributed by atoms with Crippen LogP contribution in [0.3, 0.4) is 0 Å². The average molecular weight is 490 g/mol. The molecule has 1 heterocycles. The van der Waals surface area contributed by atoms with Crippen molar-refractivity contribution in [1.29, 1.82) is 5.41 Å². The van der Waals surface area contributed by atoms with Crippen molar-refractivity contribution in [3.05, 3.63) is 24.3 Å². The summed E-state index contributed by atoms with van der Waals surface area (Å²) in [5, 5.41) is 7.96. The highest BCUT2D eigenvalue weighted by molar-refractivity contribution is 6.37. The largest absolute Gasteiger partial charge is 0.465 e. The number of esters is 1. The Hall–Kier alpha value is -1.95. The molecule has 1 atom stereocenters. The Morgan fingerprint density at radius 1 is 0.914 bits per heavy atom. The first-order valence-electron chi connectivity index (χ1n) is 14.1. The Kier molecular flexibility index (Phi) is 19.0. The van der Waals surface area contributed by atoms with E-state index in [9.17, 15) is 9.59 Å². The molecule has 0 aromatic heterocycles. The topological polar surface area (TPSA) is 96.5 Å². The van der Waals surface area contributed by atoms with Gasteiger partial charge in [0.25, 0.3) is 5.91 Å². The predicted molar refractivity (Wildman–Crippen MR) is 146 cm³/mol. The van der Waals surface area contributed by atoms with Gasteiger partial charge in [0, 0.05) is 25.4 Å². The number of allylic oxidation sites excluding steroid dienone is 4. The normalized spacial score (nSPS) is 15.9. The van der Waals surface area contributed by atoms with Crippen molar-refractivity contribution in [3.8, 4) is 0 Å². The van der Waals surface area contributed by atoms with E-state index in [0.717, 1.165) is 51.4 Å². The molecular weight excluding hydrogens is 438 g/mol. The summed E-state index contributed by atoms with van der Waals surface area (Å²) in [5.74, 6) is -0.125. The van der Waals surface area contributed by atoms with Crippen LogP contribution in [0.5, 0.6) is 0 Å². The summed E-state index contributed by atoms with van der Waals surface area (Å²) in [6, 6.07) is 0. The monoisotopic (exact) mass is 489 g/mol. The van der Waals surface area contributed by atoms with Gasteiger partial charge in [-0.25, -0.2) is 0 Å². The number of amides is 1. The lowest BCUT2D eigenvalue weighted by Gasteiger charge is -2.17. The molecule has 0 saturated carbocycles. The van der Waals surface area contributed by atoms with Crippen LogP contribution in [0.4, 0.5) is 0 Å². The van der Waals surface area contributed by atoms with Crippen molar-refractivity contribution in [1.82, 2.24) is 4.90 Å². The molecule has 3 N–H and O–H groups in total. The number of hydrogen-bond donors (Lipinski definition) is 2. The molecule has 6 heteroatoms. The molecule has 1 fully saturated rings. The Labute approximate surface area is 214 Å². The smallest absolute Gasteiger partial charge is 0.305 e. The molecule has 35 heavy (non-hydrogen) atoms. The first-order valence-corrected chi connectivity index (χ1v) is 14.1. The molecule has 1 aliphatic rings. The Morgan fingerprint density at radius 3 is 2.29 bits per heavy atom. The highest BCUT2D eigenvalue weighted by Crippen LogP contribution is 2.18. The number of unbranched alkanes of at least 4 members (excludes halogenated alkanes) is 9. The van der Waals surface area contributed by atoms with Gasteiger partial charge in [-0.1, -0.05) is 63.3 Å². The van der Waals surface area contributed by atoms with Crippen molar-refractivity contribution in [2.45, 2.75) is 110 Å². The van der Waals surface area contributed by atoms with Gasteiger partial charge in [0.1, 0.15) is 0 Å². The number of nitrogens with zero attached hydrogens (tertiary/aromatic N) is 1. The van der Waals surface area contributed by atoms with E-state index in [1.807, 2.05) is 0 Å². The lowest BCUT2D eigenvalue weighted by Crippen LogP contribution is -2.34. The summed E-state index contributed by atoms with van der Waals surface area (Å²) < 4.78 is 5.45. The molecule has 0 aromatic carbocycles. The number of hydrogen-bond acceptors (Lipinski definition) is 5. The average Bonchev–Trinajstić information content (AvgIpc) is 3.33. The van der Waals surface area contributed by atoms with Gasteiger partial charge in [0.2, 0.25) is 0 Å². The minimum Gasteiger partial charge on any atom is -0.465 e. The lowest BCUT2D eigenvalue weighted by atomic mass is 10.1. The van der Waals surface area contributed by atoms with E-state index in [1.54, 1.807) is 4.90 Å². The third-order valence-electron chi connectivity index (χ3n) is 6.52. The SMILES string of the molecule is CCCCC/C=C\C/C=C\CCCCCCCC(=O)OCC1CCN(C(=O)C(=N)CCCCN)C1. The summed E-state index contributed by atoms with van der Waals surface area (Å²) in [6.07, 6.45) is 25.4. The van der Waals surface area contributed by atoms with Crippen molar-refractivity contribution in [3.63, 3.8) is 0 Å². The fourth-order valence-corrected chi connectivity index (χ4v) is 4.26. The van der Waals surface area contributed by atoms with E-state index in [-0.39, 0.29) is 23.5 Å². The van der Waals surface area contributed by atoms with Crippen LogP contribution >= 0.6 is 0 Å². The fourth-order valence-electron chi connectivity index (χ4n) is 4.26. The van der Waals surface area contributed by atoms with E-state index in [0.29, 0.717) is 39.1 Å². The molecule has 1 rings (SSSR count). The number of nitrogens with one attached hydrogen (secondary N) is 1. The van der Waals surface area contributed by atoms with Crippen molar-refractivity contribution in [2.75, 3.05) is 26.2 Å². The van der Waals surface area contributed by atoms with E-state index in [4.69, 9.17) is 15.9 Å². The molecule has 1 amide bonds. The standard InChI is InChI=1S/C29H51N3O3/c1-2-3-4-5-6-7-8-9-10-11-12-13-14-15-16-20-28(33)35-25-26-21-23-32(24-26)29(34)27(31)19-17-18-22-30/h6-7,9-10,26,31H,2-5,8,11-25,30H2,1H3/b7-6-,10-9-,31-27?. The number of nitrogens with two attached hydrogens (primary N) is 1. The zero-order chi connectivity index (χ0) is 25.6. The number of ether oxygens (including phenoxy) is 1. The Balaban J connectivity index is 1.97. The van der Waals surface area contributed by atoms with Crippen LogP contribution in [0.2, 0.25) is 0 Å². The maximum absolute atomic E-state index is 12.3. The van der Waals surface area contributed by atoms with E-state index in [1.165, 1.54) is 38.5 Å². The fraction of sp³-hybridized carbons (Fsp3) is 0.759. The second kappa shape index (κ2) is 21.3. The van der Waals surface area contributed by atoms with Gasteiger partial charge in [-0.05, 0) is 70.8 Å². The van der Waals surface area contributed by atoms with Crippen LogP contribution in [-0.2, 0) is 14.3 Å². The van der Waals surface area contributed by atoms with Crippen molar-refractivity contribution >= 4 is 17.6 Å². The first kappa shape index (κ1) is 31.1. The van der Waals surface area contributed by atoms with Crippen molar-refractivity contribution in [2.24, 2.45) is 11.7 Å². The summed E-state index contributed by atoms with van der Waals surface area (Å²) in [7, 11) is 0. The Bertz CT molecular complexity index is 645. The van der Waals surface area contributed by atoms with Crippen LogP contribution in [0, 0.1) is 11.3 Å². The van der Waals surface area contributed by atoms with Crippen LogP contribution in [0.1, 0.15) is 110 Å². The Morgan fingerprint density at radius 2 is 1.57 bits per heavy atom. The molecular formula is C29H51N3O3. The molecule has 0 aliphatic carbocycles. The summed E-state index contributed by atoms with van der Waals surface area (Å²) in [6.45, 7) is 4.43. The number of carbonyl (C=O) groups excluding carboxylic acids is 2. The van der Waals surface area contributed by atoms with Crippen LogP contribution in [0.25, 0.3) is 0 Å². The maximum Gasteiger partial charge on any atom is 0.305 e. The summed E-state index contributed by atoms with van der Waals surface area (Å²) in [5.41, 5.74) is 5.63. The van der Waals surface area contributed by atoms with Gasteiger partial charge < -0.3 is 15.4 Å². The third-order valence-corrected chi connectivity index (χ3v) is 6.52. The van der Waals surface area contributed by atoms with E-state index >= 15 is 0 Å². The molecule has 0 spiro atoms. The zero-order valence-corrected chi connectivity index (χ0v) is 22.3. The lowest BCUT2D eigenvalue weighted by molar-refractivity contribution is -0.145. The van der Waals surface area contributed by atoms with Gasteiger partial charge in [0.15, 0.2) is 0 Å². The van der Waals surface area contributed by atoms with E-state index in [2.05, 4.69) is 31.2 Å². The van der Waals surface area contributed by atoms with Gasteiger partial charge in [-0.15, -0.1) is 0 Å². The first-order chi connectivity index (χ1) is 17.1.